The quantitative estimate of drug-likeness (QED) is 0.877. The van der Waals surface area contributed by atoms with Gasteiger partial charge in [-0.25, -0.2) is 0 Å². The highest BCUT2D eigenvalue weighted by Crippen LogP contribution is 2.37. The second-order valence-electron chi connectivity index (χ2n) is 6.41. The molecule has 0 aliphatic carbocycles. The molecule has 1 amide bonds. The predicted octanol–water partition coefficient (Wildman–Crippen LogP) is 2.12. The first kappa shape index (κ1) is 17.7. The van der Waals surface area contributed by atoms with Crippen molar-refractivity contribution in [3.63, 3.8) is 0 Å². The number of amides is 1. The predicted molar refractivity (Wildman–Crippen MR) is 105 cm³/mol. The molecule has 1 N–H and O–H groups in total. The number of carbonyl (C=O) groups is 1. The van der Waals surface area contributed by atoms with Gasteiger partial charge in [-0.1, -0.05) is 29.5 Å². The van der Waals surface area contributed by atoms with Gasteiger partial charge in [-0.15, -0.1) is 0 Å². The molecular weight excluding hydrogens is 366 g/mol. The van der Waals surface area contributed by atoms with Crippen molar-refractivity contribution >= 4 is 40.3 Å². The Balaban J connectivity index is 1.63. The number of aliphatic imine (C=N–C) groups is 1. The molecule has 2 aliphatic heterocycles. The number of hydrogen-bond donors (Lipinski definition) is 1. The topological polar surface area (TPSA) is 84.1 Å². The van der Waals surface area contributed by atoms with Crippen LogP contribution in [-0.4, -0.2) is 52.5 Å². The number of fused-ring (bicyclic) bond motifs is 1. The summed E-state index contributed by atoms with van der Waals surface area (Å²) in [5.74, 6) is -0.382. The second kappa shape index (κ2) is 7.13. The molecule has 0 unspecified atom stereocenters. The van der Waals surface area contributed by atoms with Gasteiger partial charge in [0.15, 0.2) is 0 Å². The fourth-order valence-electron chi connectivity index (χ4n) is 3.24. The van der Waals surface area contributed by atoms with Crippen molar-refractivity contribution < 1.29 is 14.6 Å². The maximum absolute atomic E-state index is 12.4. The van der Waals surface area contributed by atoms with Gasteiger partial charge >= 0.3 is 4.87 Å². The number of ether oxygens (including phenoxy) is 1. The maximum atomic E-state index is 12.4. The van der Waals surface area contributed by atoms with Crippen molar-refractivity contribution in [2.45, 2.75) is 13.5 Å². The largest absolute Gasteiger partial charge is 0.493 e. The number of rotatable bonds is 3. The average molecular weight is 385 g/mol. The van der Waals surface area contributed by atoms with Gasteiger partial charge in [0.05, 0.1) is 23.8 Å². The van der Waals surface area contributed by atoms with Crippen LogP contribution in [0.3, 0.4) is 0 Å². The lowest BCUT2D eigenvalue weighted by Crippen LogP contribution is -2.43. The van der Waals surface area contributed by atoms with Gasteiger partial charge in [-0.2, -0.15) is 0 Å². The number of benzene rings is 1. The van der Waals surface area contributed by atoms with E-state index in [0.717, 1.165) is 38.4 Å². The maximum Gasteiger partial charge on any atom is 0.311 e. The number of para-hydroxylation sites is 1. The van der Waals surface area contributed by atoms with Gasteiger partial charge in [0.2, 0.25) is 11.8 Å². The number of thiazole rings is 1. The molecule has 0 spiro atoms. The minimum atomic E-state index is -0.359. The molecule has 3 heterocycles. The van der Waals surface area contributed by atoms with E-state index in [2.05, 4.69) is 4.99 Å². The van der Waals surface area contributed by atoms with Crippen LogP contribution in [0.15, 0.2) is 34.1 Å². The van der Waals surface area contributed by atoms with Crippen molar-refractivity contribution in [3.05, 3.63) is 44.4 Å². The minimum absolute atomic E-state index is 0.173. The molecular formula is C19H19N3O4S. The summed E-state index contributed by atoms with van der Waals surface area (Å²) in [6.45, 7) is 3.71. The van der Waals surface area contributed by atoms with Crippen LogP contribution < -0.4 is 4.87 Å². The fourth-order valence-corrected chi connectivity index (χ4v) is 4.07. The van der Waals surface area contributed by atoms with Crippen molar-refractivity contribution in [1.29, 1.82) is 0 Å². The lowest BCUT2D eigenvalue weighted by molar-refractivity contribution is -0.136. The Morgan fingerprint density at radius 2 is 2.07 bits per heavy atom. The molecule has 4 rings (SSSR count). The van der Waals surface area contributed by atoms with Crippen LogP contribution in [0.1, 0.15) is 17.4 Å². The number of morpholine rings is 1. The number of aromatic hydroxyl groups is 1. The normalized spacial score (nSPS) is 17.9. The minimum Gasteiger partial charge on any atom is -0.493 e. The molecule has 2 aromatic rings. The van der Waals surface area contributed by atoms with E-state index in [9.17, 15) is 14.7 Å². The molecule has 1 aromatic carbocycles. The first-order valence-corrected chi connectivity index (χ1v) is 9.51. The van der Waals surface area contributed by atoms with Crippen molar-refractivity contribution in [2.24, 2.45) is 4.99 Å². The van der Waals surface area contributed by atoms with Gasteiger partial charge in [0.25, 0.3) is 0 Å². The molecule has 8 heteroatoms. The van der Waals surface area contributed by atoms with Crippen LogP contribution in [-0.2, 0) is 16.1 Å². The molecule has 1 saturated heterocycles. The monoisotopic (exact) mass is 385 g/mol. The van der Waals surface area contributed by atoms with Crippen molar-refractivity contribution in [1.82, 2.24) is 9.47 Å². The van der Waals surface area contributed by atoms with Gasteiger partial charge in [-0.05, 0) is 19.1 Å². The van der Waals surface area contributed by atoms with E-state index in [0.29, 0.717) is 31.2 Å². The zero-order chi connectivity index (χ0) is 19.0. The Hall–Kier alpha value is -2.71. The van der Waals surface area contributed by atoms with Gasteiger partial charge in [-0.3, -0.25) is 19.1 Å². The molecule has 0 saturated carbocycles. The SMILES string of the molecule is CC1=Nc2ccccc2/C1=C\c1sc(=O)n(CC(=O)N2CCOCC2)c1O. The standard InChI is InChI=1S/C19H19N3O4S/c1-12-14(13-4-2-3-5-15(13)20-12)10-16-18(24)22(19(25)27-16)11-17(23)21-6-8-26-9-7-21/h2-5,10,24H,6-9,11H2,1H3/b14-10-. The number of nitrogens with zero attached hydrogens (tertiary/aromatic N) is 3. The first-order valence-electron chi connectivity index (χ1n) is 8.69. The van der Waals surface area contributed by atoms with Crippen LogP contribution in [0.2, 0.25) is 0 Å². The Morgan fingerprint density at radius 1 is 1.33 bits per heavy atom. The van der Waals surface area contributed by atoms with Crippen LogP contribution in [0.4, 0.5) is 5.69 Å². The summed E-state index contributed by atoms with van der Waals surface area (Å²) in [5, 5.41) is 10.5. The first-order chi connectivity index (χ1) is 13.0. The van der Waals surface area contributed by atoms with E-state index < -0.39 is 0 Å². The molecule has 27 heavy (non-hydrogen) atoms. The Morgan fingerprint density at radius 3 is 2.85 bits per heavy atom. The Labute approximate surface area is 159 Å². The van der Waals surface area contributed by atoms with Crippen molar-refractivity contribution in [3.8, 4) is 5.88 Å². The number of aromatic nitrogens is 1. The van der Waals surface area contributed by atoms with Crippen LogP contribution >= 0.6 is 11.3 Å². The summed E-state index contributed by atoms with van der Waals surface area (Å²) in [4.78, 5) is 31.0. The van der Waals surface area contributed by atoms with E-state index in [1.165, 1.54) is 0 Å². The summed E-state index contributed by atoms with van der Waals surface area (Å²) >= 11 is 0.924. The van der Waals surface area contributed by atoms with E-state index in [4.69, 9.17) is 4.74 Å². The third kappa shape index (κ3) is 3.33. The zero-order valence-electron chi connectivity index (χ0n) is 14.8. The fraction of sp³-hybridized carbons (Fsp3) is 0.316. The molecule has 0 bridgehead atoms. The van der Waals surface area contributed by atoms with Crippen LogP contribution in [0.5, 0.6) is 5.88 Å². The third-order valence-corrected chi connectivity index (χ3v) is 5.61. The number of hydrogen-bond acceptors (Lipinski definition) is 6. The van der Waals surface area contributed by atoms with E-state index in [-0.39, 0.29) is 23.2 Å². The van der Waals surface area contributed by atoms with Crippen LogP contribution in [0.25, 0.3) is 11.6 Å². The molecule has 1 aromatic heterocycles. The van der Waals surface area contributed by atoms with Crippen molar-refractivity contribution in [2.75, 3.05) is 26.3 Å². The van der Waals surface area contributed by atoms with E-state index >= 15 is 0 Å². The summed E-state index contributed by atoms with van der Waals surface area (Å²) < 4.78 is 6.36. The van der Waals surface area contributed by atoms with Gasteiger partial charge in [0.1, 0.15) is 6.54 Å². The zero-order valence-corrected chi connectivity index (χ0v) is 15.7. The Kier molecular flexibility index (Phi) is 4.67. The summed E-state index contributed by atoms with van der Waals surface area (Å²) in [6, 6.07) is 7.73. The highest BCUT2D eigenvalue weighted by atomic mass is 32.1. The summed E-state index contributed by atoms with van der Waals surface area (Å²) in [5.41, 5.74) is 3.53. The van der Waals surface area contributed by atoms with E-state index in [1.807, 2.05) is 31.2 Å². The summed E-state index contributed by atoms with van der Waals surface area (Å²) in [6.07, 6.45) is 1.77. The average Bonchev–Trinajstić information content (AvgIpc) is 3.13. The third-order valence-electron chi connectivity index (χ3n) is 4.70. The molecule has 2 aliphatic rings. The highest BCUT2D eigenvalue weighted by molar-refractivity contribution is 7.10. The molecule has 7 nitrogen and oxygen atoms in total. The molecule has 140 valence electrons. The molecule has 0 atom stereocenters. The van der Waals surface area contributed by atoms with E-state index in [1.54, 1.807) is 11.0 Å². The number of allylic oxidation sites excluding steroid dienone is 1. The second-order valence-corrected chi connectivity index (χ2v) is 7.40. The van der Waals surface area contributed by atoms with Crippen LogP contribution in [0, 0.1) is 0 Å². The summed E-state index contributed by atoms with van der Waals surface area (Å²) in [7, 11) is 0. The number of carbonyl (C=O) groups excluding carboxylic acids is 1. The lowest BCUT2D eigenvalue weighted by atomic mass is 10.0. The van der Waals surface area contributed by atoms with Gasteiger partial charge < -0.3 is 14.7 Å². The Bertz CT molecular complexity index is 1010. The smallest absolute Gasteiger partial charge is 0.311 e. The molecule has 0 radical (unpaired) electrons. The lowest BCUT2D eigenvalue weighted by Gasteiger charge is -2.26. The highest BCUT2D eigenvalue weighted by Gasteiger charge is 2.23. The van der Waals surface area contributed by atoms with Gasteiger partial charge in [0, 0.05) is 29.9 Å². The molecule has 1 fully saturated rings.